The second-order valence-corrected chi connectivity index (χ2v) is 4.74. The summed E-state index contributed by atoms with van der Waals surface area (Å²) in [5, 5.41) is 0. The molecule has 0 saturated carbocycles. The molecule has 0 spiro atoms. The molecule has 3 heteroatoms. The third-order valence-corrected chi connectivity index (χ3v) is 3.52. The van der Waals surface area contributed by atoms with Gasteiger partial charge in [-0.05, 0) is 23.5 Å². The summed E-state index contributed by atoms with van der Waals surface area (Å²) < 4.78 is 5.22. The van der Waals surface area contributed by atoms with E-state index in [-0.39, 0.29) is 12.1 Å². The highest BCUT2D eigenvalue weighted by atomic mass is 16.6. The lowest BCUT2D eigenvalue weighted by Crippen LogP contribution is -2.24. The van der Waals surface area contributed by atoms with Crippen molar-refractivity contribution in [3.8, 4) is 0 Å². The number of hydrogen-bond acceptors (Lipinski definition) is 3. The molecule has 1 heterocycles. The van der Waals surface area contributed by atoms with Crippen molar-refractivity contribution >= 4 is 5.97 Å². The van der Waals surface area contributed by atoms with Gasteiger partial charge in [0.2, 0.25) is 0 Å². The molecule has 1 aliphatic heterocycles. The fourth-order valence-electron chi connectivity index (χ4n) is 2.08. The average Bonchev–Trinajstić information content (AvgIpc) is 2.69. The number of cyclic esters (lactones) is 1. The number of carbonyl (C=O) groups is 1. The van der Waals surface area contributed by atoms with Gasteiger partial charge in [-0.15, -0.1) is 0 Å². The molecule has 0 aliphatic carbocycles. The van der Waals surface area contributed by atoms with Gasteiger partial charge in [0, 0.05) is 6.42 Å². The van der Waals surface area contributed by atoms with Crippen molar-refractivity contribution in [3.05, 3.63) is 35.4 Å². The van der Waals surface area contributed by atoms with Crippen LogP contribution in [-0.4, -0.2) is 12.0 Å². The van der Waals surface area contributed by atoms with Crippen molar-refractivity contribution in [1.82, 2.24) is 0 Å². The van der Waals surface area contributed by atoms with Gasteiger partial charge in [0.05, 0.1) is 0 Å². The lowest BCUT2D eigenvalue weighted by Gasteiger charge is -2.12. The summed E-state index contributed by atoms with van der Waals surface area (Å²) in [6.07, 6.45) is 1.55. The Hall–Kier alpha value is -1.35. The van der Waals surface area contributed by atoms with Crippen LogP contribution in [0.3, 0.4) is 0 Å². The number of benzene rings is 1. The first-order valence-electron chi connectivity index (χ1n) is 6.17. The predicted octanol–water partition coefficient (Wildman–Crippen LogP) is 2.52. The second-order valence-electron chi connectivity index (χ2n) is 4.74. The van der Waals surface area contributed by atoms with Crippen LogP contribution in [0.15, 0.2) is 24.3 Å². The first kappa shape index (κ1) is 12.1. The molecule has 1 aromatic carbocycles. The van der Waals surface area contributed by atoms with Gasteiger partial charge in [-0.25, -0.2) is 0 Å². The van der Waals surface area contributed by atoms with Gasteiger partial charge in [-0.3, -0.25) is 4.79 Å². The molecule has 0 amide bonds. The van der Waals surface area contributed by atoms with Crippen LogP contribution in [0, 0.1) is 0 Å². The van der Waals surface area contributed by atoms with E-state index in [0.717, 1.165) is 12.0 Å². The van der Waals surface area contributed by atoms with E-state index in [0.29, 0.717) is 12.3 Å². The molecule has 1 saturated heterocycles. The summed E-state index contributed by atoms with van der Waals surface area (Å²) in [5.41, 5.74) is 8.00. The van der Waals surface area contributed by atoms with Crippen LogP contribution in [0.25, 0.3) is 0 Å². The zero-order chi connectivity index (χ0) is 12.4. The Balaban J connectivity index is 2.11. The summed E-state index contributed by atoms with van der Waals surface area (Å²) >= 11 is 0. The molecule has 3 unspecified atom stereocenters. The third-order valence-electron chi connectivity index (χ3n) is 3.52. The monoisotopic (exact) mass is 233 g/mol. The molecule has 0 radical (unpaired) electrons. The van der Waals surface area contributed by atoms with Crippen molar-refractivity contribution in [2.24, 2.45) is 5.73 Å². The molecule has 3 atom stereocenters. The van der Waals surface area contributed by atoms with Crippen LogP contribution in [0.1, 0.15) is 49.8 Å². The SMILES string of the molecule is CCC(C)c1ccc(C2CC(N)C(=O)O2)cc1. The smallest absolute Gasteiger partial charge is 0.323 e. The average molecular weight is 233 g/mol. The number of carbonyl (C=O) groups excluding carboxylic acids is 1. The molecule has 0 aromatic heterocycles. The zero-order valence-corrected chi connectivity index (χ0v) is 10.3. The minimum Gasteiger partial charge on any atom is -0.456 e. The summed E-state index contributed by atoms with van der Waals surface area (Å²) in [6.45, 7) is 4.39. The molecule has 0 bridgehead atoms. The van der Waals surface area contributed by atoms with Gasteiger partial charge in [0.15, 0.2) is 0 Å². The van der Waals surface area contributed by atoms with Crippen molar-refractivity contribution in [2.75, 3.05) is 0 Å². The van der Waals surface area contributed by atoms with Crippen molar-refractivity contribution in [3.63, 3.8) is 0 Å². The second kappa shape index (κ2) is 4.88. The standard InChI is InChI=1S/C14H19NO2/c1-3-9(2)10-4-6-11(7-5-10)13-8-12(15)14(16)17-13/h4-7,9,12-13H,3,8,15H2,1-2H3. The van der Waals surface area contributed by atoms with E-state index in [9.17, 15) is 4.79 Å². The van der Waals surface area contributed by atoms with Crippen molar-refractivity contribution in [2.45, 2.75) is 44.8 Å². The molecular weight excluding hydrogens is 214 g/mol. The maximum atomic E-state index is 11.2. The van der Waals surface area contributed by atoms with Gasteiger partial charge in [0.25, 0.3) is 0 Å². The van der Waals surface area contributed by atoms with Gasteiger partial charge in [0.1, 0.15) is 12.1 Å². The molecule has 2 rings (SSSR count). The Morgan fingerprint density at radius 1 is 1.41 bits per heavy atom. The molecule has 92 valence electrons. The number of rotatable bonds is 3. The predicted molar refractivity (Wildman–Crippen MR) is 66.6 cm³/mol. The van der Waals surface area contributed by atoms with E-state index in [1.54, 1.807) is 0 Å². The van der Waals surface area contributed by atoms with Crippen LogP contribution in [0.2, 0.25) is 0 Å². The van der Waals surface area contributed by atoms with Crippen LogP contribution in [0.5, 0.6) is 0 Å². The number of ether oxygens (including phenoxy) is 1. The maximum Gasteiger partial charge on any atom is 0.323 e. The Bertz CT molecular complexity index is 399. The summed E-state index contributed by atoms with van der Waals surface area (Å²) in [4.78, 5) is 11.2. The fraction of sp³-hybridized carbons (Fsp3) is 0.500. The minimum atomic E-state index is -0.464. The molecule has 1 aliphatic rings. The molecular formula is C14H19NO2. The molecule has 1 fully saturated rings. The molecule has 17 heavy (non-hydrogen) atoms. The Kier molecular flexibility index (Phi) is 3.48. The highest BCUT2D eigenvalue weighted by molar-refractivity contribution is 5.77. The highest BCUT2D eigenvalue weighted by Crippen LogP contribution is 2.30. The maximum absolute atomic E-state index is 11.2. The Morgan fingerprint density at radius 3 is 2.53 bits per heavy atom. The molecule has 1 aromatic rings. The van der Waals surface area contributed by atoms with Gasteiger partial charge >= 0.3 is 5.97 Å². The van der Waals surface area contributed by atoms with Crippen LogP contribution >= 0.6 is 0 Å². The Morgan fingerprint density at radius 2 is 2.06 bits per heavy atom. The normalized spacial score (nSPS) is 25.7. The van der Waals surface area contributed by atoms with Crippen LogP contribution < -0.4 is 5.73 Å². The molecule has 3 nitrogen and oxygen atoms in total. The Labute approximate surface area is 102 Å². The van der Waals surface area contributed by atoms with Crippen LogP contribution in [-0.2, 0) is 9.53 Å². The summed E-state index contributed by atoms with van der Waals surface area (Å²) in [7, 11) is 0. The fourth-order valence-corrected chi connectivity index (χ4v) is 2.08. The lowest BCUT2D eigenvalue weighted by atomic mass is 9.96. The number of esters is 1. The van der Waals surface area contributed by atoms with Crippen molar-refractivity contribution in [1.29, 1.82) is 0 Å². The van der Waals surface area contributed by atoms with Gasteiger partial charge in [-0.1, -0.05) is 38.1 Å². The topological polar surface area (TPSA) is 52.3 Å². The highest BCUT2D eigenvalue weighted by Gasteiger charge is 2.32. The minimum absolute atomic E-state index is 0.163. The summed E-state index contributed by atoms with van der Waals surface area (Å²) in [5.74, 6) is 0.276. The first-order valence-corrected chi connectivity index (χ1v) is 6.17. The first-order chi connectivity index (χ1) is 8.11. The van der Waals surface area contributed by atoms with E-state index in [2.05, 4.69) is 26.0 Å². The number of nitrogens with two attached hydrogens (primary N) is 1. The lowest BCUT2D eigenvalue weighted by molar-refractivity contribution is -0.142. The van der Waals surface area contributed by atoms with E-state index in [1.165, 1.54) is 5.56 Å². The van der Waals surface area contributed by atoms with E-state index in [4.69, 9.17) is 10.5 Å². The van der Waals surface area contributed by atoms with Crippen LogP contribution in [0.4, 0.5) is 0 Å². The summed E-state index contributed by atoms with van der Waals surface area (Å²) in [6, 6.07) is 7.84. The third kappa shape index (κ3) is 2.50. The van der Waals surface area contributed by atoms with Crippen molar-refractivity contribution < 1.29 is 9.53 Å². The van der Waals surface area contributed by atoms with E-state index >= 15 is 0 Å². The molecule has 2 N–H and O–H groups in total. The zero-order valence-electron chi connectivity index (χ0n) is 10.3. The van der Waals surface area contributed by atoms with E-state index in [1.807, 2.05) is 12.1 Å². The largest absolute Gasteiger partial charge is 0.456 e. The quantitative estimate of drug-likeness (QED) is 0.816. The number of hydrogen-bond donors (Lipinski definition) is 1. The van der Waals surface area contributed by atoms with E-state index < -0.39 is 6.04 Å². The van der Waals surface area contributed by atoms with Gasteiger partial charge in [-0.2, -0.15) is 0 Å². The van der Waals surface area contributed by atoms with Gasteiger partial charge < -0.3 is 10.5 Å².